The van der Waals surface area contributed by atoms with Crippen LogP contribution in [-0.2, 0) is 5.41 Å². The number of benzene rings is 6. The van der Waals surface area contributed by atoms with Gasteiger partial charge in [0, 0.05) is 63.0 Å². The molecule has 11 rings (SSSR count). The predicted molar refractivity (Wildman–Crippen MR) is 205 cm³/mol. The zero-order valence-corrected chi connectivity index (χ0v) is 27.9. The van der Waals surface area contributed by atoms with Gasteiger partial charge in [0.2, 0.25) is 0 Å². The van der Waals surface area contributed by atoms with Crippen LogP contribution < -0.4 is 0 Å². The summed E-state index contributed by atoms with van der Waals surface area (Å²) >= 11 is 3.73. The number of hydrogen-bond acceptors (Lipinski definition) is 4. The molecule has 1 aliphatic rings. The van der Waals surface area contributed by atoms with Crippen LogP contribution >= 0.6 is 22.7 Å². The third-order valence-electron chi connectivity index (χ3n) is 10.4. The van der Waals surface area contributed by atoms with Gasteiger partial charge in [0.15, 0.2) is 5.82 Å². The molecule has 0 saturated carbocycles. The molecule has 0 radical (unpaired) electrons. The van der Waals surface area contributed by atoms with E-state index in [1.54, 1.807) is 0 Å². The monoisotopic (exact) mass is 649 g/mol. The Morgan fingerprint density at radius 1 is 0.583 bits per heavy atom. The van der Waals surface area contributed by atoms with Crippen molar-refractivity contribution in [2.45, 2.75) is 19.3 Å². The Labute approximate surface area is 284 Å². The first kappa shape index (κ1) is 26.7. The van der Waals surface area contributed by atoms with E-state index in [9.17, 15) is 0 Å². The Bertz CT molecular complexity index is 2990. The minimum atomic E-state index is -0.209. The number of rotatable bonds is 2. The van der Waals surface area contributed by atoms with Gasteiger partial charge in [-0.3, -0.25) is 0 Å². The highest BCUT2D eigenvalue weighted by Crippen LogP contribution is 2.51. The lowest BCUT2D eigenvalue weighted by molar-refractivity contribution is 0.630. The van der Waals surface area contributed by atoms with Gasteiger partial charge in [-0.25, -0.2) is 9.97 Å². The van der Waals surface area contributed by atoms with Crippen molar-refractivity contribution in [1.82, 2.24) is 14.5 Å². The minimum absolute atomic E-state index is 0.209. The van der Waals surface area contributed by atoms with Gasteiger partial charge in [-0.2, -0.15) is 0 Å². The third kappa shape index (κ3) is 3.42. The molecule has 5 heteroatoms. The van der Waals surface area contributed by atoms with E-state index in [0.717, 1.165) is 33.5 Å². The molecule has 10 aromatic rings. The Balaban J connectivity index is 1.17. The highest BCUT2D eigenvalue weighted by molar-refractivity contribution is 7.26. The molecule has 1 aliphatic heterocycles. The summed E-state index contributed by atoms with van der Waals surface area (Å²) < 4.78 is 6.40. The van der Waals surface area contributed by atoms with Gasteiger partial charge >= 0.3 is 0 Å². The molecule has 0 spiro atoms. The van der Waals surface area contributed by atoms with Crippen LogP contribution in [0.1, 0.15) is 25.0 Å². The maximum atomic E-state index is 5.40. The summed E-state index contributed by atoms with van der Waals surface area (Å²) in [7, 11) is 0. The maximum absolute atomic E-state index is 5.40. The van der Waals surface area contributed by atoms with Crippen LogP contribution in [0.25, 0.3) is 90.6 Å². The molecular formula is C43H27N3S2. The van der Waals surface area contributed by atoms with Crippen LogP contribution in [0, 0.1) is 0 Å². The smallest absolute Gasteiger partial charge is 0.160 e. The summed E-state index contributed by atoms with van der Waals surface area (Å²) in [5.74, 6) is 0.754. The fourth-order valence-corrected chi connectivity index (χ4v) is 10.6. The molecule has 48 heavy (non-hydrogen) atoms. The Morgan fingerprint density at radius 2 is 1.29 bits per heavy atom. The number of fused-ring (bicyclic) bond motifs is 11. The third-order valence-corrected chi connectivity index (χ3v) is 12.8. The van der Waals surface area contributed by atoms with Crippen LogP contribution in [0.2, 0.25) is 0 Å². The van der Waals surface area contributed by atoms with Crippen molar-refractivity contribution in [3.05, 3.63) is 139 Å². The summed E-state index contributed by atoms with van der Waals surface area (Å²) in [6, 6.07) is 46.3. The summed E-state index contributed by atoms with van der Waals surface area (Å²) in [5, 5.41) is 7.67. The topological polar surface area (TPSA) is 30.7 Å². The SMILES string of the molecule is CC1(C)c2cc(-c3nc(-c4cccc5c4sc4ccccc45)c4ccccc4n3)ccc2-n2c3sc4ccccc4c3c3cccc1c32. The van der Waals surface area contributed by atoms with Gasteiger partial charge in [-0.05, 0) is 47.5 Å². The van der Waals surface area contributed by atoms with Gasteiger partial charge in [0.05, 0.1) is 22.4 Å². The fourth-order valence-electron chi connectivity index (χ4n) is 8.13. The summed E-state index contributed by atoms with van der Waals surface area (Å²) in [6.07, 6.45) is 0. The second kappa shape index (κ2) is 9.38. The van der Waals surface area contributed by atoms with Crippen molar-refractivity contribution < 1.29 is 0 Å². The van der Waals surface area contributed by atoms with Crippen molar-refractivity contribution >= 4 is 85.0 Å². The lowest BCUT2D eigenvalue weighted by atomic mass is 9.74. The second-order valence-electron chi connectivity index (χ2n) is 13.4. The van der Waals surface area contributed by atoms with E-state index in [-0.39, 0.29) is 5.41 Å². The number of para-hydroxylation sites is 2. The van der Waals surface area contributed by atoms with Crippen molar-refractivity contribution in [3.63, 3.8) is 0 Å². The van der Waals surface area contributed by atoms with Crippen LogP contribution in [0.15, 0.2) is 127 Å². The molecule has 0 fully saturated rings. The standard InChI is InChI=1S/C43H27N3S2/c1-43(2)31-17-10-15-29-37-28-13-5-8-20-36(28)48-42(37)46(39(29)31)34-22-21-24(23-32(34)43)41-44-33-18-6-3-12-27(33)38(45-41)30-16-9-14-26-25-11-4-7-19-35(25)47-40(26)30/h3-23H,1-2H3. The highest BCUT2D eigenvalue weighted by Gasteiger charge is 2.36. The maximum Gasteiger partial charge on any atom is 0.160 e. The number of hydrogen-bond donors (Lipinski definition) is 0. The normalized spacial score (nSPS) is 13.8. The highest BCUT2D eigenvalue weighted by atomic mass is 32.1. The molecule has 226 valence electrons. The first-order valence-corrected chi connectivity index (χ1v) is 18.0. The summed E-state index contributed by atoms with van der Waals surface area (Å²) in [4.78, 5) is 11.9. The molecule has 0 bridgehead atoms. The van der Waals surface area contributed by atoms with Crippen LogP contribution in [0.4, 0.5) is 0 Å². The second-order valence-corrected chi connectivity index (χ2v) is 15.4. The van der Waals surface area contributed by atoms with E-state index >= 15 is 0 Å². The van der Waals surface area contributed by atoms with Gasteiger partial charge < -0.3 is 4.57 Å². The lowest BCUT2D eigenvalue weighted by Gasteiger charge is -2.35. The minimum Gasteiger partial charge on any atom is -0.300 e. The first-order chi connectivity index (χ1) is 23.6. The molecule has 6 aromatic carbocycles. The van der Waals surface area contributed by atoms with E-state index in [1.165, 1.54) is 68.2 Å². The molecule has 0 N–H and O–H groups in total. The average molecular weight is 650 g/mol. The van der Waals surface area contributed by atoms with Gasteiger partial charge in [0.1, 0.15) is 4.83 Å². The zero-order chi connectivity index (χ0) is 31.7. The van der Waals surface area contributed by atoms with Gasteiger partial charge in [0.25, 0.3) is 0 Å². The molecule has 4 aromatic heterocycles. The molecule has 0 aliphatic carbocycles. The van der Waals surface area contributed by atoms with Crippen molar-refractivity contribution in [2.24, 2.45) is 0 Å². The number of thiophene rings is 2. The van der Waals surface area contributed by atoms with Crippen molar-refractivity contribution in [1.29, 1.82) is 0 Å². The molecule has 0 amide bonds. The van der Waals surface area contributed by atoms with E-state index in [1.807, 2.05) is 22.7 Å². The molecule has 0 atom stereocenters. The average Bonchev–Trinajstić information content (AvgIpc) is 3.79. The molecule has 0 unspecified atom stereocenters. The van der Waals surface area contributed by atoms with Gasteiger partial charge in [-0.1, -0.05) is 105 Å². The van der Waals surface area contributed by atoms with E-state index in [0.29, 0.717) is 0 Å². The Hall–Kier alpha value is -5.36. The van der Waals surface area contributed by atoms with Crippen LogP contribution in [0.5, 0.6) is 0 Å². The zero-order valence-electron chi connectivity index (χ0n) is 26.3. The fraction of sp³-hybridized carbons (Fsp3) is 0.0698. The van der Waals surface area contributed by atoms with E-state index in [2.05, 4.69) is 146 Å². The molecule has 0 saturated heterocycles. The number of aromatic nitrogens is 3. The predicted octanol–water partition coefficient (Wildman–Crippen LogP) is 12.3. The van der Waals surface area contributed by atoms with Crippen LogP contribution in [-0.4, -0.2) is 14.5 Å². The van der Waals surface area contributed by atoms with Crippen molar-refractivity contribution in [3.8, 4) is 28.3 Å². The first-order valence-electron chi connectivity index (χ1n) is 16.3. The van der Waals surface area contributed by atoms with E-state index in [4.69, 9.17) is 9.97 Å². The Morgan fingerprint density at radius 3 is 2.17 bits per heavy atom. The molecular weight excluding hydrogens is 623 g/mol. The quantitative estimate of drug-likeness (QED) is 0.187. The molecule has 3 nitrogen and oxygen atoms in total. The van der Waals surface area contributed by atoms with Crippen molar-refractivity contribution in [2.75, 3.05) is 0 Å². The Kier molecular flexibility index (Phi) is 5.21. The molecule has 5 heterocycles. The largest absolute Gasteiger partial charge is 0.300 e. The van der Waals surface area contributed by atoms with E-state index < -0.39 is 0 Å². The summed E-state index contributed by atoms with van der Waals surface area (Å²) in [6.45, 7) is 4.73. The van der Waals surface area contributed by atoms with Crippen LogP contribution in [0.3, 0.4) is 0 Å². The lowest BCUT2D eigenvalue weighted by Crippen LogP contribution is -2.26. The van der Waals surface area contributed by atoms with Gasteiger partial charge in [-0.15, -0.1) is 22.7 Å². The number of nitrogens with zero attached hydrogens (tertiary/aromatic N) is 3. The summed E-state index contributed by atoms with van der Waals surface area (Å²) in [5.41, 5.74) is 9.13.